The zero-order chi connectivity index (χ0) is 16.3. The van der Waals surface area contributed by atoms with Crippen molar-refractivity contribution in [3.8, 4) is 0 Å². The normalized spacial score (nSPS) is 24.0. The van der Waals surface area contributed by atoms with Gasteiger partial charge in [0.05, 0.1) is 0 Å². The molecule has 0 radical (unpaired) electrons. The van der Waals surface area contributed by atoms with Gasteiger partial charge in [-0.15, -0.1) is 4.40 Å². The summed E-state index contributed by atoms with van der Waals surface area (Å²) >= 11 is 0. The molecule has 2 N–H and O–H groups in total. The predicted octanol–water partition coefficient (Wildman–Crippen LogP) is 2.01. The van der Waals surface area contributed by atoms with Crippen molar-refractivity contribution in [2.24, 2.45) is 10.1 Å². The number of amidine groups is 1. The number of hydrogen-bond donors (Lipinski definition) is 1. The molecule has 2 atom stereocenters. The molecule has 0 saturated carbocycles. The van der Waals surface area contributed by atoms with Gasteiger partial charge in [-0.25, -0.2) is 4.21 Å². The molecule has 2 unspecified atom stereocenters. The Hall–Kier alpha value is -1.40. The summed E-state index contributed by atoms with van der Waals surface area (Å²) in [6.45, 7) is 4.85. The van der Waals surface area contributed by atoms with Crippen LogP contribution in [0.2, 0.25) is 0 Å². The second kappa shape index (κ2) is 6.79. The molecule has 1 aliphatic rings. The molecule has 1 aromatic carbocycles. The predicted molar refractivity (Wildman–Crippen MR) is 91.0 cm³/mol. The van der Waals surface area contributed by atoms with Crippen LogP contribution < -0.4 is 5.73 Å². The maximum absolute atomic E-state index is 12.3. The molecule has 1 heterocycles. The van der Waals surface area contributed by atoms with Crippen molar-refractivity contribution in [3.63, 3.8) is 0 Å². The molecule has 22 heavy (non-hydrogen) atoms. The molecule has 5 nitrogen and oxygen atoms in total. The van der Waals surface area contributed by atoms with Gasteiger partial charge >= 0.3 is 0 Å². The summed E-state index contributed by atoms with van der Waals surface area (Å²) in [5.41, 5.74) is 7.19. The number of hydrogen-bond acceptors (Lipinski definition) is 4. The SMILES string of the molecule is CN(C)CCCc1ccc(C2S(=O)N=C(N)OC2(C)C)cc1. The van der Waals surface area contributed by atoms with Gasteiger partial charge in [-0.1, -0.05) is 24.3 Å². The molecule has 0 spiro atoms. The Morgan fingerprint density at radius 2 is 1.95 bits per heavy atom. The monoisotopic (exact) mass is 323 g/mol. The van der Waals surface area contributed by atoms with E-state index < -0.39 is 16.6 Å². The Morgan fingerprint density at radius 3 is 2.50 bits per heavy atom. The third-order valence-electron chi connectivity index (χ3n) is 3.73. The maximum atomic E-state index is 12.3. The van der Waals surface area contributed by atoms with E-state index in [-0.39, 0.29) is 11.3 Å². The molecule has 0 amide bonds. The van der Waals surface area contributed by atoms with E-state index in [1.807, 2.05) is 26.0 Å². The first-order valence-electron chi connectivity index (χ1n) is 7.47. The molecule has 0 aromatic heterocycles. The van der Waals surface area contributed by atoms with E-state index in [1.165, 1.54) is 5.56 Å². The highest BCUT2D eigenvalue weighted by Gasteiger charge is 2.41. The highest BCUT2D eigenvalue weighted by Crippen LogP contribution is 2.37. The van der Waals surface area contributed by atoms with Crippen LogP contribution in [0.15, 0.2) is 28.7 Å². The molecule has 1 aliphatic heterocycles. The van der Waals surface area contributed by atoms with Crippen molar-refractivity contribution in [3.05, 3.63) is 35.4 Å². The van der Waals surface area contributed by atoms with Crippen LogP contribution in [-0.4, -0.2) is 41.4 Å². The number of ether oxygens (including phenoxy) is 1. The molecule has 0 bridgehead atoms. The van der Waals surface area contributed by atoms with Gasteiger partial charge in [0.2, 0.25) is 0 Å². The lowest BCUT2D eigenvalue weighted by atomic mass is 9.96. The standard InChI is InChI=1S/C16H25N3O2S/c1-16(2)14(22(20)18-15(17)21-16)13-9-7-12(8-10-13)6-5-11-19(3)4/h7-10,14H,5-6,11H2,1-4H3,(H2,17,18). The fourth-order valence-corrected chi connectivity index (χ4v) is 3.95. The van der Waals surface area contributed by atoms with Crippen LogP contribution in [0.3, 0.4) is 0 Å². The molecular weight excluding hydrogens is 298 g/mol. The highest BCUT2D eigenvalue weighted by atomic mass is 32.2. The average Bonchev–Trinajstić information content (AvgIpc) is 2.38. The van der Waals surface area contributed by atoms with Crippen molar-refractivity contribution >= 4 is 17.0 Å². The van der Waals surface area contributed by atoms with Crippen LogP contribution in [0.5, 0.6) is 0 Å². The molecule has 2 rings (SSSR count). The largest absolute Gasteiger partial charge is 0.457 e. The smallest absolute Gasteiger partial charge is 0.296 e. The number of aryl methyl sites for hydroxylation is 1. The molecule has 0 fully saturated rings. The van der Waals surface area contributed by atoms with Crippen molar-refractivity contribution in [1.82, 2.24) is 4.90 Å². The van der Waals surface area contributed by atoms with Gasteiger partial charge in [0.15, 0.2) is 11.0 Å². The third-order valence-corrected chi connectivity index (χ3v) is 5.34. The lowest BCUT2D eigenvalue weighted by Crippen LogP contribution is -2.43. The van der Waals surface area contributed by atoms with Crippen molar-refractivity contribution in [1.29, 1.82) is 0 Å². The van der Waals surface area contributed by atoms with Crippen LogP contribution in [0.4, 0.5) is 0 Å². The molecule has 1 aromatic rings. The van der Waals surface area contributed by atoms with Crippen LogP contribution in [-0.2, 0) is 22.1 Å². The van der Waals surface area contributed by atoms with Crippen LogP contribution in [0.1, 0.15) is 36.6 Å². The van der Waals surface area contributed by atoms with Gasteiger partial charge in [-0.05, 0) is 58.5 Å². The van der Waals surface area contributed by atoms with Crippen molar-refractivity contribution < 1.29 is 8.95 Å². The topological polar surface area (TPSA) is 67.9 Å². The summed E-state index contributed by atoms with van der Waals surface area (Å²) in [7, 11) is 2.74. The van der Waals surface area contributed by atoms with Gasteiger partial charge in [0.25, 0.3) is 6.02 Å². The quantitative estimate of drug-likeness (QED) is 0.900. The number of rotatable bonds is 5. The minimum Gasteiger partial charge on any atom is -0.457 e. The van der Waals surface area contributed by atoms with Gasteiger partial charge in [-0.3, -0.25) is 0 Å². The Bertz CT molecular complexity index is 567. The van der Waals surface area contributed by atoms with Gasteiger partial charge in [0, 0.05) is 0 Å². The fraction of sp³-hybridized carbons (Fsp3) is 0.562. The summed E-state index contributed by atoms with van der Waals surface area (Å²) in [5.74, 6) is 0. The fourth-order valence-electron chi connectivity index (χ4n) is 2.70. The van der Waals surface area contributed by atoms with Crippen LogP contribution >= 0.6 is 0 Å². The summed E-state index contributed by atoms with van der Waals surface area (Å²) < 4.78 is 21.7. The minimum absolute atomic E-state index is 0.000103. The first-order valence-corrected chi connectivity index (χ1v) is 8.64. The van der Waals surface area contributed by atoms with E-state index in [1.54, 1.807) is 0 Å². The van der Waals surface area contributed by atoms with Crippen molar-refractivity contribution in [2.45, 2.75) is 37.5 Å². The summed E-state index contributed by atoms with van der Waals surface area (Å²) in [6, 6.07) is 8.24. The number of nitrogens with two attached hydrogens (primary N) is 1. The third kappa shape index (κ3) is 4.08. The second-order valence-electron chi connectivity index (χ2n) is 6.44. The Balaban J connectivity index is 2.11. The molecular formula is C16H25N3O2S. The zero-order valence-corrected chi connectivity index (χ0v) is 14.5. The lowest BCUT2D eigenvalue weighted by Gasteiger charge is -2.35. The van der Waals surface area contributed by atoms with E-state index in [0.29, 0.717) is 0 Å². The van der Waals surface area contributed by atoms with Gasteiger partial charge < -0.3 is 15.4 Å². The van der Waals surface area contributed by atoms with E-state index in [9.17, 15) is 4.21 Å². The molecule has 6 heteroatoms. The first kappa shape index (κ1) is 17.0. The van der Waals surface area contributed by atoms with Crippen LogP contribution in [0, 0.1) is 0 Å². The van der Waals surface area contributed by atoms with Gasteiger partial charge in [0.1, 0.15) is 10.9 Å². The van der Waals surface area contributed by atoms with E-state index in [4.69, 9.17) is 10.5 Å². The van der Waals surface area contributed by atoms with Crippen molar-refractivity contribution in [2.75, 3.05) is 20.6 Å². The number of nitrogens with zero attached hydrogens (tertiary/aromatic N) is 2. The minimum atomic E-state index is -1.42. The number of benzene rings is 1. The summed E-state index contributed by atoms with van der Waals surface area (Å²) in [5, 5.41) is -0.310. The summed E-state index contributed by atoms with van der Waals surface area (Å²) in [6.07, 6.45) is 2.16. The highest BCUT2D eigenvalue weighted by molar-refractivity contribution is 7.84. The Labute approximate surface area is 135 Å². The lowest BCUT2D eigenvalue weighted by molar-refractivity contribution is 0.0848. The molecule has 0 aliphatic carbocycles. The Kier molecular flexibility index (Phi) is 5.24. The summed E-state index contributed by atoms with van der Waals surface area (Å²) in [4.78, 5) is 2.18. The van der Waals surface area contributed by atoms with E-state index >= 15 is 0 Å². The molecule has 122 valence electrons. The Morgan fingerprint density at radius 1 is 1.32 bits per heavy atom. The first-order chi connectivity index (χ1) is 10.3. The van der Waals surface area contributed by atoms with Gasteiger partial charge in [-0.2, -0.15) is 0 Å². The average molecular weight is 323 g/mol. The van der Waals surface area contributed by atoms with E-state index in [0.717, 1.165) is 24.9 Å². The molecule has 0 saturated heterocycles. The maximum Gasteiger partial charge on any atom is 0.296 e. The second-order valence-corrected chi connectivity index (χ2v) is 7.65. The van der Waals surface area contributed by atoms with E-state index in [2.05, 4.69) is 35.5 Å². The zero-order valence-electron chi connectivity index (χ0n) is 13.7. The van der Waals surface area contributed by atoms with Crippen LogP contribution in [0.25, 0.3) is 0 Å².